The summed E-state index contributed by atoms with van der Waals surface area (Å²) in [5.41, 5.74) is 2.62. The van der Waals surface area contributed by atoms with Gasteiger partial charge in [-0.1, -0.05) is 32.3 Å². The quantitative estimate of drug-likeness (QED) is 0.287. The number of fused-ring (bicyclic) bond motifs is 1. The van der Waals surface area contributed by atoms with E-state index in [1.54, 1.807) is 17.8 Å². The average molecular weight is 447 g/mol. The number of aryl methyl sites for hydroxylation is 1. The maximum Gasteiger partial charge on any atom is 0.221 e. The van der Waals surface area contributed by atoms with Crippen molar-refractivity contribution in [3.63, 3.8) is 0 Å². The number of aliphatic hydroxyl groups excluding tert-OH is 1. The number of imidazole rings is 1. The summed E-state index contributed by atoms with van der Waals surface area (Å²) < 4.78 is 1.99. The van der Waals surface area contributed by atoms with Gasteiger partial charge in [0, 0.05) is 31.5 Å². The van der Waals surface area contributed by atoms with Gasteiger partial charge in [0.15, 0.2) is 5.78 Å². The number of carbonyl (C=O) groups excluding carboxylic acids is 2. The molecule has 2 aromatic heterocycles. The van der Waals surface area contributed by atoms with E-state index in [0.29, 0.717) is 19.5 Å². The first-order valence-corrected chi connectivity index (χ1v) is 12.3. The smallest absolute Gasteiger partial charge is 0.221 e. The standard InChI is InChI=1S/C23H34N4O3S/c1-3-4-5-6-7-20-23(25-12-10-22(30)24-13-15-31-2)27-14-11-18(16-21(27)26-20)8-9-19(29)17-28/h8-9,11,14,16,25,28H,3-7,10,12-13,15,17H2,1-2H3,(H,24,30)/b9-8+. The molecule has 0 aliphatic carbocycles. The number of unbranched alkanes of at least 4 members (excludes halogenated alkanes) is 3. The van der Waals surface area contributed by atoms with Crippen LogP contribution in [-0.4, -0.2) is 57.9 Å². The van der Waals surface area contributed by atoms with Crippen LogP contribution in [0.25, 0.3) is 11.7 Å². The minimum Gasteiger partial charge on any atom is -0.388 e. The Morgan fingerprint density at radius 1 is 1.26 bits per heavy atom. The molecule has 8 heteroatoms. The molecule has 2 rings (SSSR count). The van der Waals surface area contributed by atoms with Crippen LogP contribution in [0.2, 0.25) is 0 Å². The van der Waals surface area contributed by atoms with Crippen molar-refractivity contribution in [1.29, 1.82) is 0 Å². The van der Waals surface area contributed by atoms with Gasteiger partial charge in [-0.25, -0.2) is 4.98 Å². The lowest BCUT2D eigenvalue weighted by Gasteiger charge is -2.09. The fourth-order valence-electron chi connectivity index (χ4n) is 3.21. The van der Waals surface area contributed by atoms with Crippen molar-refractivity contribution in [1.82, 2.24) is 14.7 Å². The normalized spacial score (nSPS) is 11.3. The van der Waals surface area contributed by atoms with E-state index in [1.165, 1.54) is 25.3 Å². The van der Waals surface area contributed by atoms with E-state index in [9.17, 15) is 9.59 Å². The van der Waals surface area contributed by atoms with Gasteiger partial charge in [0.25, 0.3) is 0 Å². The summed E-state index contributed by atoms with van der Waals surface area (Å²) in [4.78, 5) is 28.1. The molecule has 31 heavy (non-hydrogen) atoms. The van der Waals surface area contributed by atoms with Crippen LogP contribution < -0.4 is 10.6 Å². The predicted molar refractivity (Wildman–Crippen MR) is 129 cm³/mol. The van der Waals surface area contributed by atoms with Crippen molar-refractivity contribution in [2.45, 2.75) is 45.4 Å². The second-order valence-corrected chi connectivity index (χ2v) is 8.37. The molecule has 2 aromatic rings. The number of anilines is 1. The number of amides is 1. The van der Waals surface area contributed by atoms with E-state index in [1.807, 2.05) is 29.0 Å². The van der Waals surface area contributed by atoms with Crippen LogP contribution in [0.3, 0.4) is 0 Å². The van der Waals surface area contributed by atoms with Crippen molar-refractivity contribution in [3.8, 4) is 0 Å². The first-order chi connectivity index (χ1) is 15.1. The molecule has 0 saturated heterocycles. The Hall–Kier alpha value is -2.32. The molecule has 7 nitrogen and oxygen atoms in total. The van der Waals surface area contributed by atoms with Crippen LogP contribution in [0.15, 0.2) is 24.4 Å². The summed E-state index contributed by atoms with van der Waals surface area (Å²) in [6.45, 7) is 2.92. The Morgan fingerprint density at radius 3 is 2.84 bits per heavy atom. The molecule has 0 radical (unpaired) electrons. The first-order valence-electron chi connectivity index (χ1n) is 10.9. The number of aliphatic hydroxyl groups is 1. The molecule has 0 saturated carbocycles. The third-order valence-corrected chi connectivity index (χ3v) is 5.49. The minimum atomic E-state index is -0.497. The van der Waals surface area contributed by atoms with Crippen molar-refractivity contribution in [2.24, 2.45) is 0 Å². The van der Waals surface area contributed by atoms with Gasteiger partial charge in [0.1, 0.15) is 18.1 Å². The maximum absolute atomic E-state index is 12.0. The van der Waals surface area contributed by atoms with Gasteiger partial charge in [-0.2, -0.15) is 11.8 Å². The summed E-state index contributed by atoms with van der Waals surface area (Å²) in [5, 5.41) is 15.2. The summed E-state index contributed by atoms with van der Waals surface area (Å²) in [7, 11) is 0. The highest BCUT2D eigenvalue weighted by Crippen LogP contribution is 2.22. The lowest BCUT2D eigenvalue weighted by Crippen LogP contribution is -2.27. The van der Waals surface area contributed by atoms with Gasteiger partial charge in [0.2, 0.25) is 5.91 Å². The SMILES string of the molecule is CCCCCCc1nc2cc(/C=C/C(=O)CO)ccn2c1NCCC(=O)NCCSC. The maximum atomic E-state index is 12.0. The Balaban J connectivity index is 2.12. The van der Waals surface area contributed by atoms with Gasteiger partial charge in [-0.15, -0.1) is 0 Å². The number of nitrogens with one attached hydrogen (secondary N) is 2. The molecular weight excluding hydrogens is 412 g/mol. The number of rotatable bonds is 15. The van der Waals surface area contributed by atoms with E-state index < -0.39 is 6.61 Å². The lowest BCUT2D eigenvalue weighted by atomic mass is 10.1. The van der Waals surface area contributed by atoms with E-state index in [2.05, 4.69) is 17.6 Å². The molecule has 0 fully saturated rings. The zero-order chi connectivity index (χ0) is 22.5. The number of aromatic nitrogens is 2. The van der Waals surface area contributed by atoms with Gasteiger partial charge >= 0.3 is 0 Å². The van der Waals surface area contributed by atoms with Crippen molar-refractivity contribution < 1.29 is 14.7 Å². The highest BCUT2D eigenvalue weighted by Gasteiger charge is 2.13. The Morgan fingerprint density at radius 2 is 2.10 bits per heavy atom. The van der Waals surface area contributed by atoms with Crippen LogP contribution in [0.1, 0.15) is 50.3 Å². The molecule has 0 aromatic carbocycles. The molecule has 170 valence electrons. The minimum absolute atomic E-state index is 0.0424. The molecule has 0 unspecified atom stereocenters. The van der Waals surface area contributed by atoms with Crippen LogP contribution in [0, 0.1) is 0 Å². The van der Waals surface area contributed by atoms with Crippen LogP contribution >= 0.6 is 11.8 Å². The fourth-order valence-corrected chi connectivity index (χ4v) is 3.52. The molecular formula is C23H34N4O3S. The number of hydrogen-bond acceptors (Lipinski definition) is 6. The summed E-state index contributed by atoms with van der Waals surface area (Å²) in [6, 6.07) is 3.81. The largest absolute Gasteiger partial charge is 0.388 e. The monoisotopic (exact) mass is 446 g/mol. The zero-order valence-electron chi connectivity index (χ0n) is 18.5. The van der Waals surface area contributed by atoms with Gasteiger partial charge < -0.3 is 15.7 Å². The molecule has 2 heterocycles. The zero-order valence-corrected chi connectivity index (χ0v) is 19.3. The second kappa shape index (κ2) is 13.9. The number of nitrogens with zero attached hydrogens (tertiary/aromatic N) is 2. The molecule has 1 amide bonds. The highest BCUT2D eigenvalue weighted by atomic mass is 32.2. The fraction of sp³-hybridized carbons (Fsp3) is 0.522. The summed E-state index contributed by atoms with van der Waals surface area (Å²) in [5.74, 6) is 1.54. The van der Waals surface area contributed by atoms with E-state index >= 15 is 0 Å². The summed E-state index contributed by atoms with van der Waals surface area (Å²) in [6.07, 6.45) is 12.9. The molecule has 3 N–H and O–H groups in total. The third kappa shape index (κ3) is 8.38. The van der Waals surface area contributed by atoms with E-state index in [-0.39, 0.29) is 11.7 Å². The predicted octanol–water partition coefficient (Wildman–Crippen LogP) is 3.31. The van der Waals surface area contributed by atoms with Crippen LogP contribution in [-0.2, 0) is 16.0 Å². The Labute approximate surface area is 188 Å². The molecule has 0 aliphatic rings. The first kappa shape index (κ1) is 24.9. The average Bonchev–Trinajstić information content (AvgIpc) is 3.11. The van der Waals surface area contributed by atoms with E-state index in [4.69, 9.17) is 10.1 Å². The van der Waals surface area contributed by atoms with E-state index in [0.717, 1.165) is 41.3 Å². The van der Waals surface area contributed by atoms with Crippen molar-refractivity contribution >= 4 is 41.0 Å². The lowest BCUT2D eigenvalue weighted by molar-refractivity contribution is -0.120. The second-order valence-electron chi connectivity index (χ2n) is 7.38. The van der Waals surface area contributed by atoms with Crippen LogP contribution in [0.5, 0.6) is 0 Å². The Bertz CT molecular complexity index is 879. The Kier molecular flexibility index (Phi) is 11.2. The number of ketones is 1. The molecule has 0 atom stereocenters. The molecule has 0 aliphatic heterocycles. The van der Waals surface area contributed by atoms with Gasteiger partial charge in [-0.05, 0) is 42.9 Å². The van der Waals surface area contributed by atoms with Crippen molar-refractivity contribution in [3.05, 3.63) is 35.7 Å². The van der Waals surface area contributed by atoms with Crippen molar-refractivity contribution in [2.75, 3.05) is 37.0 Å². The van der Waals surface area contributed by atoms with Crippen LogP contribution in [0.4, 0.5) is 5.82 Å². The van der Waals surface area contributed by atoms with Gasteiger partial charge in [-0.3, -0.25) is 14.0 Å². The number of carbonyl (C=O) groups is 2. The third-order valence-electron chi connectivity index (χ3n) is 4.88. The highest BCUT2D eigenvalue weighted by molar-refractivity contribution is 7.98. The topological polar surface area (TPSA) is 95.7 Å². The molecule has 0 spiro atoms. The van der Waals surface area contributed by atoms with Gasteiger partial charge in [0.05, 0.1) is 5.69 Å². The number of hydrogen-bond donors (Lipinski definition) is 3. The number of thioether (sulfide) groups is 1. The molecule has 0 bridgehead atoms. The number of pyridine rings is 1. The summed E-state index contributed by atoms with van der Waals surface area (Å²) >= 11 is 1.71.